The van der Waals surface area contributed by atoms with Crippen molar-refractivity contribution in [3.8, 4) is 0 Å². The predicted octanol–water partition coefficient (Wildman–Crippen LogP) is 14.2. The summed E-state index contributed by atoms with van der Waals surface area (Å²) in [6.07, 6.45) is 12.9. The van der Waals surface area contributed by atoms with Gasteiger partial charge in [0.1, 0.15) is 0 Å². The minimum absolute atomic E-state index is 0.0499. The molecular weight excluding hydrogens is 741 g/mol. The average Bonchev–Trinajstić information content (AvgIpc) is 3.29. The summed E-state index contributed by atoms with van der Waals surface area (Å²) in [5.74, 6) is 0. The van der Waals surface area contributed by atoms with Crippen LogP contribution in [0.1, 0.15) is 55.6 Å². The summed E-state index contributed by atoms with van der Waals surface area (Å²) in [6.45, 7) is 0. The molecule has 6 heteroatoms. The summed E-state index contributed by atoms with van der Waals surface area (Å²) in [6, 6.07) is 62.7. The van der Waals surface area contributed by atoms with Crippen LogP contribution in [0.3, 0.4) is 0 Å². The van der Waals surface area contributed by atoms with Gasteiger partial charge in [-0.25, -0.2) is 0 Å². The van der Waals surface area contributed by atoms with Gasteiger partial charge >= 0.3 is 0 Å². The predicted molar refractivity (Wildman–Crippen MR) is 248 cm³/mol. The van der Waals surface area contributed by atoms with Crippen molar-refractivity contribution in [1.29, 1.82) is 0 Å². The highest BCUT2D eigenvalue weighted by atomic mass is 16.6. The first-order chi connectivity index (χ1) is 29.4. The molecule has 60 heavy (non-hydrogen) atoms. The Morgan fingerprint density at radius 3 is 1.00 bits per heavy atom. The second kappa shape index (κ2) is 17.9. The van der Waals surface area contributed by atoms with Crippen LogP contribution < -0.4 is 0 Å². The van der Waals surface area contributed by atoms with Gasteiger partial charge in [-0.3, -0.25) is 20.2 Å². The van der Waals surface area contributed by atoms with E-state index < -0.39 is 0 Å². The van der Waals surface area contributed by atoms with Crippen LogP contribution in [0.25, 0.3) is 58.4 Å². The van der Waals surface area contributed by atoms with Gasteiger partial charge in [-0.05, 0) is 126 Å². The van der Waals surface area contributed by atoms with E-state index in [0.29, 0.717) is 0 Å². The van der Waals surface area contributed by atoms with Crippen molar-refractivity contribution in [3.63, 3.8) is 0 Å². The van der Waals surface area contributed by atoms with Crippen molar-refractivity contribution in [1.82, 2.24) is 0 Å². The fourth-order valence-electron chi connectivity index (χ4n) is 7.25. The average molecular weight is 779 g/mol. The summed E-state index contributed by atoms with van der Waals surface area (Å²) < 4.78 is 0. The number of nitrogens with zero attached hydrogens (tertiary/aromatic N) is 2. The van der Waals surface area contributed by atoms with Crippen LogP contribution in [0.4, 0.5) is 11.4 Å². The van der Waals surface area contributed by atoms with Gasteiger partial charge in [0, 0.05) is 24.3 Å². The number of hydrogen-bond acceptors (Lipinski definition) is 4. The van der Waals surface area contributed by atoms with Crippen molar-refractivity contribution >= 4 is 69.7 Å². The van der Waals surface area contributed by atoms with E-state index in [2.05, 4.69) is 85.0 Å². The highest BCUT2D eigenvalue weighted by Crippen LogP contribution is 2.32. The molecule has 0 radical (unpaired) electrons. The van der Waals surface area contributed by atoms with Crippen molar-refractivity contribution in [2.24, 2.45) is 0 Å². The monoisotopic (exact) mass is 778 g/mol. The molecule has 0 heterocycles. The molecule has 0 aliphatic heterocycles. The number of nitro groups is 2. The topological polar surface area (TPSA) is 86.3 Å². The summed E-state index contributed by atoms with van der Waals surface area (Å²) >= 11 is 0. The maximum Gasteiger partial charge on any atom is 0.269 e. The molecule has 0 spiro atoms. The lowest BCUT2D eigenvalue weighted by molar-refractivity contribution is -0.385. The zero-order chi connectivity index (χ0) is 41.3. The van der Waals surface area contributed by atoms with Crippen molar-refractivity contribution < 1.29 is 9.85 Å². The Hall–Kier alpha value is -8.22. The van der Waals surface area contributed by atoms with Crippen molar-refractivity contribution in [3.05, 3.63) is 270 Å². The van der Waals surface area contributed by atoms with E-state index in [1.54, 1.807) is 48.5 Å². The SMILES string of the molecule is O=[N+]([O-])c1ccc(C(=Cc2ccccc2C=Cc2cc3ccccc3cc2C=Cc2ccccc2C=C(c2ccccc2)c2ccc([N+](=O)[O-])cc2)c2ccccc2)cc1. The summed E-state index contributed by atoms with van der Waals surface area (Å²) in [4.78, 5) is 22.1. The number of non-ortho nitro benzene ring substituents is 2. The first-order valence-corrected chi connectivity index (χ1v) is 19.5. The second-order valence-electron chi connectivity index (χ2n) is 14.2. The highest BCUT2D eigenvalue weighted by Gasteiger charge is 2.12. The van der Waals surface area contributed by atoms with Gasteiger partial charge in [-0.2, -0.15) is 0 Å². The first kappa shape index (κ1) is 38.6. The quantitative estimate of drug-likeness (QED) is 0.0702. The number of benzene rings is 8. The van der Waals surface area contributed by atoms with E-state index in [4.69, 9.17) is 0 Å². The molecule has 0 aromatic heterocycles. The molecule has 0 aliphatic carbocycles. The summed E-state index contributed by atoms with van der Waals surface area (Å²) in [7, 11) is 0. The van der Waals surface area contributed by atoms with Crippen LogP contribution in [0, 0.1) is 20.2 Å². The lowest BCUT2D eigenvalue weighted by Crippen LogP contribution is -1.92. The Morgan fingerprint density at radius 1 is 0.333 bits per heavy atom. The van der Waals surface area contributed by atoms with Gasteiger partial charge < -0.3 is 0 Å². The Labute approximate surface area is 348 Å². The van der Waals surface area contributed by atoms with E-state index in [-0.39, 0.29) is 21.2 Å². The van der Waals surface area contributed by atoms with Crippen LogP contribution in [0.15, 0.2) is 194 Å². The van der Waals surface area contributed by atoms with Gasteiger partial charge in [-0.15, -0.1) is 0 Å². The molecule has 0 unspecified atom stereocenters. The first-order valence-electron chi connectivity index (χ1n) is 19.5. The maximum absolute atomic E-state index is 11.4. The molecule has 6 nitrogen and oxygen atoms in total. The lowest BCUT2D eigenvalue weighted by atomic mass is 9.93. The van der Waals surface area contributed by atoms with E-state index in [1.165, 1.54) is 0 Å². The molecule has 0 aliphatic rings. The van der Waals surface area contributed by atoms with Gasteiger partial charge in [0.2, 0.25) is 0 Å². The third-order valence-corrected chi connectivity index (χ3v) is 10.4. The standard InChI is InChI=1S/C54H38N2O4/c57-55(58)51-31-27-43(28-32-51)53(41-15-3-1-4-16-41)37-47-21-9-7-13-39(47)23-25-49-35-45-19-11-12-20-46(45)36-50(49)26-24-40-14-8-10-22-48(40)38-54(42-17-5-2-6-18-42)44-29-33-52(34-30-44)56(59)60/h1-38H. The molecule has 8 rings (SSSR count). The molecule has 0 saturated heterocycles. The zero-order valence-electron chi connectivity index (χ0n) is 32.5. The van der Waals surface area contributed by atoms with Crippen LogP contribution in [-0.2, 0) is 0 Å². The summed E-state index contributed by atoms with van der Waals surface area (Å²) in [5.41, 5.74) is 11.9. The minimum atomic E-state index is -0.381. The van der Waals surface area contributed by atoms with Crippen LogP contribution >= 0.6 is 0 Å². The molecule has 0 bridgehead atoms. The van der Waals surface area contributed by atoms with Crippen molar-refractivity contribution in [2.75, 3.05) is 0 Å². The molecule has 0 N–H and O–H groups in total. The van der Waals surface area contributed by atoms with E-state index in [9.17, 15) is 20.2 Å². The largest absolute Gasteiger partial charge is 0.269 e. The Balaban J connectivity index is 1.18. The van der Waals surface area contributed by atoms with E-state index >= 15 is 0 Å². The third-order valence-electron chi connectivity index (χ3n) is 10.4. The third kappa shape index (κ3) is 8.99. The summed E-state index contributed by atoms with van der Waals surface area (Å²) in [5, 5.41) is 25.1. The molecule has 8 aromatic rings. The number of fused-ring (bicyclic) bond motifs is 1. The van der Waals surface area contributed by atoms with Gasteiger partial charge in [0.25, 0.3) is 11.4 Å². The molecule has 0 amide bonds. The second-order valence-corrected chi connectivity index (χ2v) is 14.2. The van der Waals surface area contributed by atoms with Crippen LogP contribution in [0.2, 0.25) is 0 Å². The Morgan fingerprint density at radius 2 is 0.633 bits per heavy atom. The molecule has 288 valence electrons. The number of hydrogen-bond donors (Lipinski definition) is 0. The zero-order valence-corrected chi connectivity index (χ0v) is 32.5. The molecule has 0 atom stereocenters. The fourth-order valence-corrected chi connectivity index (χ4v) is 7.25. The Kier molecular flexibility index (Phi) is 11.5. The van der Waals surface area contributed by atoms with Crippen molar-refractivity contribution in [2.45, 2.75) is 0 Å². The molecule has 0 saturated carbocycles. The minimum Gasteiger partial charge on any atom is -0.258 e. The molecular formula is C54H38N2O4. The van der Waals surface area contributed by atoms with Gasteiger partial charge in [0.15, 0.2) is 0 Å². The van der Waals surface area contributed by atoms with Gasteiger partial charge in [0.05, 0.1) is 9.85 Å². The normalized spacial score (nSPS) is 12.0. The van der Waals surface area contributed by atoms with Crippen LogP contribution in [0.5, 0.6) is 0 Å². The van der Waals surface area contributed by atoms with Crippen LogP contribution in [-0.4, -0.2) is 9.85 Å². The Bertz CT molecular complexity index is 2740. The maximum atomic E-state index is 11.4. The molecule has 8 aromatic carbocycles. The highest BCUT2D eigenvalue weighted by molar-refractivity contribution is 5.97. The number of nitro benzene ring substituents is 2. The lowest BCUT2D eigenvalue weighted by Gasteiger charge is -2.11. The fraction of sp³-hybridized carbons (Fsp3) is 0. The van der Waals surface area contributed by atoms with E-state index in [0.717, 1.165) is 77.6 Å². The smallest absolute Gasteiger partial charge is 0.258 e. The molecule has 0 fully saturated rings. The van der Waals surface area contributed by atoms with Gasteiger partial charge in [-0.1, -0.05) is 158 Å². The van der Waals surface area contributed by atoms with E-state index in [1.807, 2.05) is 97.1 Å². The number of rotatable bonds is 12.